The SMILES string of the molecule is CCc1ccc(C(=O)N2CCN(C(=O)c3cn(C)nc3-c3ccc4c(c3)OCCCO4)CC2)cc1. The molecule has 3 aromatic rings. The summed E-state index contributed by atoms with van der Waals surface area (Å²) in [6, 6.07) is 13.4. The molecule has 2 aliphatic heterocycles. The van der Waals surface area contributed by atoms with Crippen LogP contribution in [-0.4, -0.2) is 70.8 Å². The Morgan fingerprint density at radius 1 is 0.886 bits per heavy atom. The molecule has 8 heteroatoms. The van der Waals surface area contributed by atoms with Crippen LogP contribution in [-0.2, 0) is 13.5 Å². The molecule has 0 spiro atoms. The molecule has 5 rings (SSSR count). The lowest BCUT2D eigenvalue weighted by atomic mass is 10.1. The van der Waals surface area contributed by atoms with E-state index in [-0.39, 0.29) is 11.8 Å². The Kier molecular flexibility index (Phi) is 6.44. The third-order valence-electron chi connectivity index (χ3n) is 6.54. The molecule has 2 aliphatic rings. The van der Waals surface area contributed by atoms with Gasteiger partial charge >= 0.3 is 0 Å². The molecule has 8 nitrogen and oxygen atoms in total. The zero-order chi connectivity index (χ0) is 24.4. The number of carbonyl (C=O) groups excluding carboxylic acids is 2. The molecule has 0 saturated carbocycles. The van der Waals surface area contributed by atoms with Gasteiger partial charge in [-0.15, -0.1) is 0 Å². The van der Waals surface area contributed by atoms with Crippen molar-refractivity contribution in [3.05, 3.63) is 65.4 Å². The van der Waals surface area contributed by atoms with Gasteiger partial charge in [0, 0.05) is 57.0 Å². The highest BCUT2D eigenvalue weighted by molar-refractivity contribution is 6.00. The number of benzene rings is 2. The van der Waals surface area contributed by atoms with E-state index in [4.69, 9.17) is 9.47 Å². The number of fused-ring (bicyclic) bond motifs is 1. The second kappa shape index (κ2) is 9.82. The van der Waals surface area contributed by atoms with Crippen LogP contribution < -0.4 is 9.47 Å². The highest BCUT2D eigenvalue weighted by Crippen LogP contribution is 2.35. The monoisotopic (exact) mass is 474 g/mol. The van der Waals surface area contributed by atoms with Crippen LogP contribution in [0.3, 0.4) is 0 Å². The van der Waals surface area contributed by atoms with Crippen LogP contribution in [0.15, 0.2) is 48.7 Å². The summed E-state index contributed by atoms with van der Waals surface area (Å²) < 4.78 is 13.2. The largest absolute Gasteiger partial charge is 0.490 e. The second-order valence-electron chi connectivity index (χ2n) is 8.91. The second-order valence-corrected chi connectivity index (χ2v) is 8.91. The molecular weight excluding hydrogens is 444 g/mol. The number of hydrogen-bond donors (Lipinski definition) is 0. The van der Waals surface area contributed by atoms with Gasteiger partial charge < -0.3 is 19.3 Å². The Morgan fingerprint density at radius 3 is 2.23 bits per heavy atom. The van der Waals surface area contributed by atoms with E-state index in [2.05, 4.69) is 12.0 Å². The molecule has 1 fully saturated rings. The van der Waals surface area contributed by atoms with Crippen molar-refractivity contribution < 1.29 is 19.1 Å². The Balaban J connectivity index is 1.30. The molecule has 0 radical (unpaired) electrons. The van der Waals surface area contributed by atoms with Crippen LogP contribution in [0, 0.1) is 0 Å². The summed E-state index contributed by atoms with van der Waals surface area (Å²) in [5.41, 5.74) is 3.85. The normalized spacial score (nSPS) is 15.6. The maximum Gasteiger partial charge on any atom is 0.257 e. The molecule has 1 saturated heterocycles. The van der Waals surface area contributed by atoms with E-state index in [1.165, 1.54) is 5.56 Å². The number of hydrogen-bond acceptors (Lipinski definition) is 5. The standard InChI is InChI=1S/C27H30N4O4/c1-3-19-5-7-20(8-6-19)26(32)30-11-13-31(14-12-30)27(33)22-18-29(2)28-25(22)21-9-10-23-24(17-21)35-16-4-15-34-23/h5-10,17-18H,3-4,11-16H2,1-2H3. The smallest absolute Gasteiger partial charge is 0.257 e. The fourth-order valence-electron chi connectivity index (χ4n) is 4.52. The van der Waals surface area contributed by atoms with Crippen LogP contribution in [0.2, 0.25) is 0 Å². The summed E-state index contributed by atoms with van der Waals surface area (Å²) in [5.74, 6) is 1.30. The maximum absolute atomic E-state index is 13.5. The minimum atomic E-state index is -0.0837. The lowest BCUT2D eigenvalue weighted by Crippen LogP contribution is -2.50. The maximum atomic E-state index is 13.5. The van der Waals surface area contributed by atoms with E-state index >= 15 is 0 Å². The van der Waals surface area contributed by atoms with Gasteiger partial charge in [-0.2, -0.15) is 5.10 Å². The number of aromatic nitrogens is 2. The van der Waals surface area contributed by atoms with E-state index in [0.717, 1.165) is 18.4 Å². The van der Waals surface area contributed by atoms with Crippen molar-refractivity contribution in [1.29, 1.82) is 0 Å². The van der Waals surface area contributed by atoms with Gasteiger partial charge in [0.15, 0.2) is 11.5 Å². The van der Waals surface area contributed by atoms with E-state index in [1.54, 1.807) is 15.8 Å². The van der Waals surface area contributed by atoms with Gasteiger partial charge in [-0.1, -0.05) is 19.1 Å². The van der Waals surface area contributed by atoms with Crippen LogP contribution in [0.5, 0.6) is 11.5 Å². The highest BCUT2D eigenvalue weighted by Gasteiger charge is 2.28. The highest BCUT2D eigenvalue weighted by atomic mass is 16.5. The molecule has 0 atom stereocenters. The predicted molar refractivity (Wildman–Crippen MR) is 132 cm³/mol. The van der Waals surface area contributed by atoms with Crippen molar-refractivity contribution in [3.8, 4) is 22.8 Å². The number of piperazine rings is 1. The third-order valence-corrected chi connectivity index (χ3v) is 6.54. The topological polar surface area (TPSA) is 76.9 Å². The zero-order valence-electron chi connectivity index (χ0n) is 20.2. The Hall–Kier alpha value is -3.81. The summed E-state index contributed by atoms with van der Waals surface area (Å²) >= 11 is 0. The fourth-order valence-corrected chi connectivity index (χ4v) is 4.52. The van der Waals surface area contributed by atoms with Crippen LogP contribution >= 0.6 is 0 Å². The average Bonchev–Trinajstić information content (AvgIpc) is 3.14. The van der Waals surface area contributed by atoms with Crippen LogP contribution in [0.1, 0.15) is 39.6 Å². The van der Waals surface area contributed by atoms with Gasteiger partial charge in [-0.3, -0.25) is 14.3 Å². The quantitative estimate of drug-likeness (QED) is 0.579. The predicted octanol–water partition coefficient (Wildman–Crippen LogP) is 3.41. The summed E-state index contributed by atoms with van der Waals surface area (Å²) in [7, 11) is 1.81. The Morgan fingerprint density at radius 2 is 1.54 bits per heavy atom. The van der Waals surface area contributed by atoms with Crippen molar-refractivity contribution in [2.45, 2.75) is 19.8 Å². The molecule has 0 unspecified atom stereocenters. The summed E-state index contributed by atoms with van der Waals surface area (Å²) in [5, 5.41) is 4.57. The molecule has 0 N–H and O–H groups in total. The van der Waals surface area contributed by atoms with Crippen LogP contribution in [0.4, 0.5) is 0 Å². The first-order valence-electron chi connectivity index (χ1n) is 12.1. The molecule has 2 amide bonds. The minimum absolute atomic E-state index is 0.00835. The first-order chi connectivity index (χ1) is 17.0. The van der Waals surface area contributed by atoms with Crippen LogP contribution in [0.25, 0.3) is 11.3 Å². The van der Waals surface area contributed by atoms with Crippen molar-refractivity contribution in [1.82, 2.24) is 19.6 Å². The summed E-state index contributed by atoms with van der Waals surface area (Å²) in [6.45, 7) is 5.27. The van der Waals surface area contributed by atoms with Crippen molar-refractivity contribution in [3.63, 3.8) is 0 Å². The number of carbonyl (C=O) groups is 2. The van der Waals surface area contributed by atoms with Gasteiger partial charge in [-0.25, -0.2) is 0 Å². The first kappa shape index (κ1) is 23.0. The number of amides is 2. The van der Waals surface area contributed by atoms with E-state index in [0.29, 0.717) is 67.7 Å². The lowest BCUT2D eigenvalue weighted by molar-refractivity contribution is 0.0536. The first-order valence-corrected chi connectivity index (χ1v) is 12.1. The minimum Gasteiger partial charge on any atom is -0.490 e. The average molecular weight is 475 g/mol. The molecule has 35 heavy (non-hydrogen) atoms. The molecule has 1 aromatic heterocycles. The van der Waals surface area contributed by atoms with Gasteiger partial charge in [0.1, 0.15) is 5.69 Å². The lowest BCUT2D eigenvalue weighted by Gasteiger charge is -2.34. The number of rotatable bonds is 4. The molecule has 3 heterocycles. The Bertz CT molecular complexity index is 1230. The molecule has 2 aromatic carbocycles. The number of aryl methyl sites for hydroxylation is 2. The van der Waals surface area contributed by atoms with Crippen molar-refractivity contribution in [2.24, 2.45) is 7.05 Å². The van der Waals surface area contributed by atoms with Gasteiger partial charge in [0.25, 0.3) is 11.8 Å². The zero-order valence-corrected chi connectivity index (χ0v) is 20.2. The van der Waals surface area contributed by atoms with E-state index < -0.39 is 0 Å². The number of ether oxygens (including phenoxy) is 2. The summed E-state index contributed by atoms with van der Waals surface area (Å²) in [6.07, 6.45) is 3.53. The van der Waals surface area contributed by atoms with Crippen molar-refractivity contribution >= 4 is 11.8 Å². The number of nitrogens with zero attached hydrogens (tertiary/aromatic N) is 4. The van der Waals surface area contributed by atoms with Gasteiger partial charge in [0.2, 0.25) is 0 Å². The van der Waals surface area contributed by atoms with Crippen molar-refractivity contribution in [2.75, 3.05) is 39.4 Å². The van der Waals surface area contributed by atoms with Gasteiger partial charge in [0.05, 0.1) is 18.8 Å². The van der Waals surface area contributed by atoms with E-state index in [9.17, 15) is 9.59 Å². The molecular formula is C27H30N4O4. The molecule has 0 bridgehead atoms. The third kappa shape index (κ3) is 4.73. The van der Waals surface area contributed by atoms with E-state index in [1.807, 2.05) is 54.4 Å². The molecule has 0 aliphatic carbocycles. The van der Waals surface area contributed by atoms with Gasteiger partial charge in [-0.05, 0) is 42.3 Å². The fraction of sp³-hybridized carbons (Fsp3) is 0.370. The summed E-state index contributed by atoms with van der Waals surface area (Å²) in [4.78, 5) is 30.0. The molecule has 182 valence electrons. The Labute approximate surface area is 205 Å².